The van der Waals surface area contributed by atoms with E-state index in [9.17, 15) is 0 Å². The van der Waals surface area contributed by atoms with Crippen molar-refractivity contribution in [1.82, 2.24) is 5.32 Å². The fourth-order valence-electron chi connectivity index (χ4n) is 1.68. The number of hydrogen-bond donors (Lipinski definition) is 1. The quantitative estimate of drug-likeness (QED) is 0.655. The molecule has 0 amide bonds. The van der Waals surface area contributed by atoms with Gasteiger partial charge in [0, 0.05) is 0 Å². The van der Waals surface area contributed by atoms with E-state index in [0.717, 1.165) is 19.5 Å². The molecule has 88 valence electrons. The van der Waals surface area contributed by atoms with E-state index < -0.39 is 0 Å². The minimum atomic E-state index is 1.08. The van der Waals surface area contributed by atoms with Gasteiger partial charge < -0.3 is 5.32 Å². The second-order valence-corrected chi connectivity index (χ2v) is 4.15. The van der Waals surface area contributed by atoms with Crippen LogP contribution in [-0.4, -0.2) is 13.1 Å². The van der Waals surface area contributed by atoms with E-state index in [1.807, 2.05) is 6.08 Å². The van der Waals surface area contributed by atoms with Crippen LogP contribution in [0.3, 0.4) is 0 Å². The van der Waals surface area contributed by atoms with Crippen LogP contribution < -0.4 is 5.32 Å². The highest BCUT2D eigenvalue weighted by Gasteiger charge is 1.93. The molecule has 0 aliphatic rings. The van der Waals surface area contributed by atoms with Gasteiger partial charge in [-0.15, -0.1) is 0 Å². The summed E-state index contributed by atoms with van der Waals surface area (Å²) in [4.78, 5) is 0. The van der Waals surface area contributed by atoms with Crippen molar-refractivity contribution in [2.24, 2.45) is 0 Å². The molecular formula is C15H23N. The van der Waals surface area contributed by atoms with Gasteiger partial charge in [-0.3, -0.25) is 0 Å². The second kappa shape index (κ2) is 8.12. The number of nitrogens with one attached hydrogen (secondary N) is 1. The summed E-state index contributed by atoms with van der Waals surface area (Å²) in [6, 6.07) is 8.62. The van der Waals surface area contributed by atoms with E-state index in [1.165, 1.54) is 30.4 Å². The number of unbranched alkanes of at least 4 members (excludes halogenated alkanes) is 2. The largest absolute Gasteiger partial charge is 0.316 e. The first-order chi connectivity index (χ1) is 7.86. The van der Waals surface area contributed by atoms with Crippen molar-refractivity contribution in [3.8, 4) is 0 Å². The molecule has 1 heteroatoms. The molecule has 1 N–H and O–H groups in total. The zero-order chi connectivity index (χ0) is 11.6. The van der Waals surface area contributed by atoms with E-state index in [-0.39, 0.29) is 0 Å². The van der Waals surface area contributed by atoms with Gasteiger partial charge in [-0.2, -0.15) is 0 Å². The molecule has 0 aromatic heterocycles. The Morgan fingerprint density at radius 2 is 1.88 bits per heavy atom. The summed E-state index contributed by atoms with van der Waals surface area (Å²) >= 11 is 0. The molecule has 0 saturated carbocycles. The van der Waals surface area contributed by atoms with Crippen molar-refractivity contribution >= 4 is 6.08 Å². The lowest BCUT2D eigenvalue weighted by molar-refractivity contribution is 0.617. The molecule has 0 spiro atoms. The highest BCUT2D eigenvalue weighted by atomic mass is 14.8. The van der Waals surface area contributed by atoms with Crippen molar-refractivity contribution in [3.63, 3.8) is 0 Å². The maximum atomic E-state index is 3.75. The Morgan fingerprint density at radius 1 is 1.12 bits per heavy atom. The van der Waals surface area contributed by atoms with Gasteiger partial charge in [0.05, 0.1) is 0 Å². The first-order valence-electron chi connectivity index (χ1n) is 6.29. The highest BCUT2D eigenvalue weighted by molar-refractivity contribution is 5.47. The lowest BCUT2D eigenvalue weighted by Gasteiger charge is -2.04. The van der Waals surface area contributed by atoms with E-state index in [1.54, 1.807) is 0 Å². The summed E-state index contributed by atoms with van der Waals surface area (Å²) in [5, 5.41) is 3.48. The molecule has 0 radical (unpaired) electrons. The smallest absolute Gasteiger partial charge is 0.000835 e. The third kappa shape index (κ3) is 5.13. The third-order valence-corrected chi connectivity index (χ3v) is 2.76. The number of hydrogen-bond acceptors (Lipinski definition) is 1. The predicted molar refractivity (Wildman–Crippen MR) is 72.6 cm³/mol. The average Bonchev–Trinajstić information content (AvgIpc) is 2.34. The van der Waals surface area contributed by atoms with Gasteiger partial charge in [-0.1, -0.05) is 56.7 Å². The van der Waals surface area contributed by atoms with Gasteiger partial charge >= 0.3 is 0 Å². The van der Waals surface area contributed by atoms with Gasteiger partial charge in [-0.05, 0) is 37.1 Å². The van der Waals surface area contributed by atoms with Crippen LogP contribution in [0.5, 0.6) is 0 Å². The highest BCUT2D eigenvalue weighted by Crippen LogP contribution is 2.05. The van der Waals surface area contributed by atoms with Crippen molar-refractivity contribution in [2.45, 2.75) is 32.6 Å². The Bertz CT molecular complexity index is 287. The molecule has 0 aliphatic carbocycles. The van der Waals surface area contributed by atoms with Gasteiger partial charge in [0.1, 0.15) is 0 Å². The standard InChI is InChI=1S/C15H23N/c1-3-5-6-12-16-13-11-15-9-7-14(4-2)8-10-15/h4,7-10,16H,2-3,5-6,11-13H2,1H3. The first kappa shape index (κ1) is 13.0. The second-order valence-electron chi connectivity index (χ2n) is 4.15. The van der Waals surface area contributed by atoms with Gasteiger partial charge in [0.25, 0.3) is 0 Å². The predicted octanol–water partition coefficient (Wildman–Crippen LogP) is 3.65. The molecule has 1 rings (SSSR count). The number of benzene rings is 1. The molecule has 0 atom stereocenters. The van der Waals surface area contributed by atoms with Crippen molar-refractivity contribution < 1.29 is 0 Å². The minimum Gasteiger partial charge on any atom is -0.316 e. The van der Waals surface area contributed by atoms with E-state index >= 15 is 0 Å². The van der Waals surface area contributed by atoms with Gasteiger partial charge in [0.2, 0.25) is 0 Å². The van der Waals surface area contributed by atoms with Gasteiger partial charge in [-0.25, -0.2) is 0 Å². The molecular weight excluding hydrogens is 194 g/mol. The molecule has 0 saturated heterocycles. The van der Waals surface area contributed by atoms with Crippen molar-refractivity contribution in [1.29, 1.82) is 0 Å². The molecule has 0 fully saturated rings. The zero-order valence-corrected chi connectivity index (χ0v) is 10.3. The molecule has 0 unspecified atom stereocenters. The van der Waals surface area contributed by atoms with Gasteiger partial charge in [0.15, 0.2) is 0 Å². The Labute approximate surface area is 99.6 Å². The lowest BCUT2D eigenvalue weighted by Crippen LogP contribution is -2.18. The fraction of sp³-hybridized carbons (Fsp3) is 0.467. The average molecular weight is 217 g/mol. The molecule has 1 aromatic rings. The van der Waals surface area contributed by atoms with Crippen LogP contribution in [0.15, 0.2) is 30.8 Å². The van der Waals surface area contributed by atoms with Crippen LogP contribution in [0.4, 0.5) is 0 Å². The Balaban J connectivity index is 2.14. The third-order valence-electron chi connectivity index (χ3n) is 2.76. The molecule has 0 heterocycles. The SMILES string of the molecule is C=Cc1ccc(CCNCCCCC)cc1. The van der Waals surface area contributed by atoms with Crippen LogP contribution in [0.1, 0.15) is 37.3 Å². The maximum Gasteiger partial charge on any atom is -0.000835 e. The summed E-state index contributed by atoms with van der Waals surface area (Å²) in [5.41, 5.74) is 2.59. The molecule has 0 bridgehead atoms. The minimum absolute atomic E-state index is 1.08. The topological polar surface area (TPSA) is 12.0 Å². The summed E-state index contributed by atoms with van der Waals surface area (Å²) in [7, 11) is 0. The zero-order valence-electron chi connectivity index (χ0n) is 10.3. The van der Waals surface area contributed by atoms with Crippen molar-refractivity contribution in [3.05, 3.63) is 42.0 Å². The lowest BCUT2D eigenvalue weighted by atomic mass is 10.1. The Morgan fingerprint density at radius 3 is 2.50 bits per heavy atom. The van der Waals surface area contributed by atoms with Crippen LogP contribution >= 0.6 is 0 Å². The molecule has 16 heavy (non-hydrogen) atoms. The number of rotatable bonds is 8. The fourth-order valence-corrected chi connectivity index (χ4v) is 1.68. The van der Waals surface area contributed by atoms with Crippen LogP contribution in [0.2, 0.25) is 0 Å². The van der Waals surface area contributed by atoms with Crippen LogP contribution in [0.25, 0.3) is 6.08 Å². The van der Waals surface area contributed by atoms with Crippen LogP contribution in [0, 0.1) is 0 Å². The summed E-state index contributed by atoms with van der Waals surface area (Å²) in [5.74, 6) is 0. The van der Waals surface area contributed by atoms with Crippen LogP contribution in [-0.2, 0) is 6.42 Å². The monoisotopic (exact) mass is 217 g/mol. The van der Waals surface area contributed by atoms with E-state index in [2.05, 4.69) is 43.1 Å². The maximum absolute atomic E-state index is 3.75. The first-order valence-corrected chi connectivity index (χ1v) is 6.29. The summed E-state index contributed by atoms with van der Waals surface area (Å²) in [6.07, 6.45) is 6.92. The van der Waals surface area contributed by atoms with E-state index in [0.29, 0.717) is 0 Å². The Kier molecular flexibility index (Phi) is 6.59. The Hall–Kier alpha value is -1.08. The molecule has 1 aromatic carbocycles. The summed E-state index contributed by atoms with van der Waals surface area (Å²) < 4.78 is 0. The molecule has 0 aliphatic heterocycles. The summed E-state index contributed by atoms with van der Waals surface area (Å²) in [6.45, 7) is 8.22. The van der Waals surface area contributed by atoms with E-state index in [4.69, 9.17) is 0 Å². The van der Waals surface area contributed by atoms with Crippen molar-refractivity contribution in [2.75, 3.05) is 13.1 Å². The normalized spacial score (nSPS) is 10.3. The molecule has 1 nitrogen and oxygen atoms in total.